The monoisotopic (exact) mass is 646 g/mol. The highest BCUT2D eigenvalue weighted by atomic mass is 35.5. The summed E-state index contributed by atoms with van der Waals surface area (Å²) < 4.78 is 23.3. The maximum Gasteiger partial charge on any atom is 0.306 e. The quantitative estimate of drug-likeness (QED) is 0.282. The smallest absolute Gasteiger partial charge is 0.306 e. The van der Waals surface area contributed by atoms with Gasteiger partial charge < -0.3 is 39.0 Å². The first kappa shape index (κ1) is 33.7. The average Bonchev–Trinajstić information content (AvgIpc) is 3.64. The number of nitrogens with zero attached hydrogens (tertiary/aromatic N) is 2. The van der Waals surface area contributed by atoms with Crippen LogP contribution in [0.15, 0.2) is 12.1 Å². The molecule has 0 radical (unpaired) electrons. The molecule has 12 nitrogen and oxygen atoms in total. The van der Waals surface area contributed by atoms with Crippen LogP contribution in [0.4, 0.5) is 0 Å². The number of aliphatic carboxylic acids is 2. The third kappa shape index (κ3) is 7.38. The van der Waals surface area contributed by atoms with E-state index >= 15 is 0 Å². The van der Waals surface area contributed by atoms with E-state index in [1.165, 1.54) is 28.1 Å². The van der Waals surface area contributed by atoms with Crippen molar-refractivity contribution in [3.8, 4) is 23.0 Å². The highest BCUT2D eigenvalue weighted by Crippen LogP contribution is 2.46. The van der Waals surface area contributed by atoms with Crippen LogP contribution >= 0.6 is 11.6 Å². The Bertz CT molecular complexity index is 1490. The molecule has 2 amide bonds. The second kappa shape index (κ2) is 14.3. The van der Waals surface area contributed by atoms with Gasteiger partial charge in [-0.1, -0.05) is 25.4 Å². The van der Waals surface area contributed by atoms with Gasteiger partial charge in [-0.3, -0.25) is 19.2 Å². The Kier molecular flexibility index (Phi) is 10.7. The van der Waals surface area contributed by atoms with Gasteiger partial charge in [0.25, 0.3) is 0 Å². The molecule has 2 heterocycles. The van der Waals surface area contributed by atoms with Crippen molar-refractivity contribution in [2.75, 3.05) is 27.4 Å². The molecule has 0 spiro atoms. The van der Waals surface area contributed by atoms with Crippen molar-refractivity contribution < 1.29 is 48.3 Å². The average molecular weight is 647 g/mol. The zero-order valence-electron chi connectivity index (χ0n) is 26.1. The number of benzene rings is 2. The second-order valence-corrected chi connectivity index (χ2v) is 11.8. The van der Waals surface area contributed by atoms with E-state index in [1.807, 2.05) is 19.1 Å². The number of carboxylic acid groups (broad SMARTS) is 2. The number of hydrogen-bond acceptors (Lipinski definition) is 8. The predicted octanol–water partition coefficient (Wildman–Crippen LogP) is 4.42. The van der Waals surface area contributed by atoms with Gasteiger partial charge >= 0.3 is 11.9 Å². The molecule has 13 heteroatoms. The van der Waals surface area contributed by atoms with E-state index in [4.69, 9.17) is 35.7 Å². The molecule has 2 aromatic carbocycles. The maximum absolute atomic E-state index is 12.8. The van der Waals surface area contributed by atoms with Crippen molar-refractivity contribution in [3.05, 3.63) is 45.0 Å². The third-order valence-corrected chi connectivity index (χ3v) is 8.64. The van der Waals surface area contributed by atoms with Crippen LogP contribution in [-0.2, 0) is 45.4 Å². The first-order valence-electron chi connectivity index (χ1n) is 14.7. The Balaban J connectivity index is 1.36. The van der Waals surface area contributed by atoms with Crippen LogP contribution in [0.3, 0.4) is 0 Å². The molecule has 45 heavy (non-hydrogen) atoms. The van der Waals surface area contributed by atoms with E-state index in [0.717, 1.165) is 27.8 Å². The standard InChI is InChI=1S/C32H39ClN2O10/c1-17(31(38)39)9-26(36)34-13-20-11-24(42-4)25(12-21(20)14-34)44-7-6-8-45-29-19(3)22-15-35(27(37)10-18(2)32(40)41)16-23(22)28(33)30(29)43-5/h11-12,17-18H,6-10,13-16H2,1-5H3,(H,38,39)(H,40,41)/t17-,18-/m0/s1. The number of carbonyl (C=O) groups excluding carboxylic acids is 2. The number of halogens is 1. The minimum Gasteiger partial charge on any atom is -0.493 e. The summed E-state index contributed by atoms with van der Waals surface area (Å²) in [5.74, 6) is -2.14. The highest BCUT2D eigenvalue weighted by molar-refractivity contribution is 6.33. The molecular formula is C32H39ClN2O10. The summed E-state index contributed by atoms with van der Waals surface area (Å²) in [5, 5.41) is 18.7. The molecule has 0 unspecified atom stereocenters. The van der Waals surface area contributed by atoms with Crippen LogP contribution in [-0.4, -0.2) is 71.2 Å². The van der Waals surface area contributed by atoms with Gasteiger partial charge in [-0.2, -0.15) is 0 Å². The summed E-state index contributed by atoms with van der Waals surface area (Å²) in [6.45, 7) is 6.79. The molecule has 4 rings (SSSR count). The number of carboxylic acids is 2. The summed E-state index contributed by atoms with van der Waals surface area (Å²) in [4.78, 5) is 51.0. The second-order valence-electron chi connectivity index (χ2n) is 11.5. The number of methoxy groups -OCH3 is 2. The van der Waals surface area contributed by atoms with Crippen molar-refractivity contribution >= 4 is 35.4 Å². The van der Waals surface area contributed by atoms with E-state index in [0.29, 0.717) is 60.7 Å². The molecule has 2 N–H and O–H groups in total. The Morgan fingerprint density at radius 1 is 0.778 bits per heavy atom. The van der Waals surface area contributed by atoms with Gasteiger partial charge in [0.15, 0.2) is 23.0 Å². The Morgan fingerprint density at radius 3 is 1.82 bits per heavy atom. The normalized spacial score (nSPS) is 14.8. The number of ether oxygens (including phenoxy) is 4. The van der Waals surface area contributed by atoms with Crippen molar-refractivity contribution in [1.82, 2.24) is 9.80 Å². The lowest BCUT2D eigenvalue weighted by Crippen LogP contribution is -2.28. The van der Waals surface area contributed by atoms with Crippen molar-refractivity contribution in [3.63, 3.8) is 0 Å². The van der Waals surface area contributed by atoms with Crippen LogP contribution in [0.25, 0.3) is 0 Å². The zero-order chi connectivity index (χ0) is 33.0. The molecule has 2 aliphatic heterocycles. The highest BCUT2D eigenvalue weighted by Gasteiger charge is 2.33. The SMILES string of the molecule is COc1cc2c(cc1OCCCOc1c(C)c3c(c(Cl)c1OC)CN(C(=O)C[C@H](C)C(=O)O)C3)CN(C(=O)C[C@H](C)C(=O)O)C2. The molecule has 0 bridgehead atoms. The summed E-state index contributed by atoms with van der Waals surface area (Å²) in [6.07, 6.45) is 0.344. The number of amides is 2. The molecule has 0 saturated carbocycles. The predicted molar refractivity (Wildman–Crippen MR) is 163 cm³/mol. The lowest BCUT2D eigenvalue weighted by molar-refractivity contribution is -0.145. The first-order valence-corrected chi connectivity index (χ1v) is 15.1. The van der Waals surface area contributed by atoms with Crippen molar-refractivity contribution in [2.45, 2.75) is 66.2 Å². The van der Waals surface area contributed by atoms with Crippen LogP contribution in [0.1, 0.15) is 60.9 Å². The third-order valence-electron chi connectivity index (χ3n) is 8.24. The van der Waals surface area contributed by atoms with Gasteiger partial charge in [0.1, 0.15) is 0 Å². The number of rotatable bonds is 14. The van der Waals surface area contributed by atoms with Gasteiger partial charge in [0.2, 0.25) is 11.8 Å². The van der Waals surface area contributed by atoms with E-state index in [9.17, 15) is 24.3 Å². The fourth-order valence-electron chi connectivity index (χ4n) is 5.48. The minimum absolute atomic E-state index is 0.0635. The summed E-state index contributed by atoms with van der Waals surface area (Å²) in [7, 11) is 3.04. The van der Waals surface area contributed by atoms with Gasteiger partial charge in [-0.15, -0.1) is 0 Å². The van der Waals surface area contributed by atoms with Crippen LogP contribution in [0.5, 0.6) is 23.0 Å². The Morgan fingerprint density at radius 2 is 1.29 bits per heavy atom. The van der Waals surface area contributed by atoms with Gasteiger partial charge in [-0.05, 0) is 41.3 Å². The molecule has 244 valence electrons. The first-order chi connectivity index (χ1) is 21.4. The molecule has 0 saturated heterocycles. The van der Waals surface area contributed by atoms with E-state index in [-0.39, 0.29) is 37.8 Å². The summed E-state index contributed by atoms with van der Waals surface area (Å²) >= 11 is 6.70. The Hall–Kier alpha value is -4.19. The largest absolute Gasteiger partial charge is 0.493 e. The van der Waals surface area contributed by atoms with Gasteiger partial charge in [0, 0.05) is 51.0 Å². The zero-order valence-corrected chi connectivity index (χ0v) is 26.9. The van der Waals surface area contributed by atoms with Gasteiger partial charge in [-0.25, -0.2) is 0 Å². The van der Waals surface area contributed by atoms with Crippen LogP contribution in [0.2, 0.25) is 5.02 Å². The molecule has 2 aliphatic rings. The molecule has 2 aromatic rings. The molecule has 0 aromatic heterocycles. The number of fused-ring (bicyclic) bond motifs is 2. The van der Waals surface area contributed by atoms with E-state index in [1.54, 1.807) is 9.80 Å². The topological polar surface area (TPSA) is 152 Å². The number of hydrogen-bond donors (Lipinski definition) is 2. The lowest BCUT2D eigenvalue weighted by Gasteiger charge is -2.18. The molecular weight excluding hydrogens is 608 g/mol. The summed E-state index contributed by atoms with van der Waals surface area (Å²) in [6, 6.07) is 3.69. The van der Waals surface area contributed by atoms with Crippen molar-refractivity contribution in [1.29, 1.82) is 0 Å². The maximum atomic E-state index is 12.8. The summed E-state index contributed by atoms with van der Waals surface area (Å²) in [5.41, 5.74) is 4.25. The van der Waals surface area contributed by atoms with Crippen molar-refractivity contribution in [2.24, 2.45) is 11.8 Å². The number of carbonyl (C=O) groups is 4. The molecule has 0 aliphatic carbocycles. The van der Waals surface area contributed by atoms with Crippen LogP contribution < -0.4 is 18.9 Å². The lowest BCUT2D eigenvalue weighted by atomic mass is 10.0. The van der Waals surface area contributed by atoms with E-state index < -0.39 is 23.8 Å². The molecule has 0 fully saturated rings. The minimum atomic E-state index is -1.02. The fraction of sp³-hybridized carbons (Fsp3) is 0.500. The molecule has 2 atom stereocenters. The van der Waals surface area contributed by atoms with Crippen LogP contribution in [0, 0.1) is 18.8 Å². The Labute approximate surface area is 266 Å². The fourth-order valence-corrected chi connectivity index (χ4v) is 5.81. The van der Waals surface area contributed by atoms with E-state index in [2.05, 4.69) is 0 Å². The van der Waals surface area contributed by atoms with Gasteiger partial charge in [0.05, 0.1) is 44.3 Å².